The molecule has 0 atom stereocenters. The molecule has 0 unspecified atom stereocenters. The number of hydrogen-bond acceptors (Lipinski definition) is 1. The third kappa shape index (κ3) is 3.77. The second kappa shape index (κ2) is 7.74. The van der Waals surface area contributed by atoms with Gasteiger partial charge in [-0.1, -0.05) is 18.0 Å². The molecule has 4 rings (SSSR count). The van der Waals surface area contributed by atoms with Crippen molar-refractivity contribution < 1.29 is 0 Å². The number of hydrogen-bond donors (Lipinski definition) is 2. The molecule has 0 bridgehead atoms. The van der Waals surface area contributed by atoms with Gasteiger partial charge < -0.3 is 15.2 Å². The van der Waals surface area contributed by atoms with Gasteiger partial charge in [-0.2, -0.15) is 0 Å². The van der Waals surface area contributed by atoms with Crippen LogP contribution in [0.4, 0.5) is 0 Å². The molecule has 2 aromatic rings. The van der Waals surface area contributed by atoms with E-state index in [0.717, 1.165) is 36.0 Å². The zero-order valence-electron chi connectivity index (χ0n) is 14.6. The Bertz CT molecular complexity index is 766. The summed E-state index contributed by atoms with van der Waals surface area (Å²) in [6, 6.07) is 6.00. The zero-order valence-corrected chi connectivity index (χ0v) is 17.7. The van der Waals surface area contributed by atoms with Crippen LogP contribution in [-0.2, 0) is 6.42 Å². The topological polar surface area (TPSA) is 43.4 Å². The number of aliphatic imine (C=N–C) groups is 1. The number of halogens is 2. The Kier molecular flexibility index (Phi) is 5.83. The molecule has 6 heteroatoms. The van der Waals surface area contributed by atoms with Crippen molar-refractivity contribution in [2.24, 2.45) is 10.4 Å². The number of nitrogens with zero attached hydrogens (tertiary/aromatic N) is 2. The minimum absolute atomic E-state index is 0. The zero-order chi connectivity index (χ0) is 16.6. The molecule has 136 valence electrons. The average molecular weight is 473 g/mol. The average Bonchev–Trinajstić information content (AvgIpc) is 3.16. The van der Waals surface area contributed by atoms with Crippen LogP contribution in [0.2, 0.25) is 5.02 Å². The summed E-state index contributed by atoms with van der Waals surface area (Å²) in [6.45, 7) is 3.20. The first-order valence-corrected chi connectivity index (χ1v) is 9.28. The van der Waals surface area contributed by atoms with E-state index < -0.39 is 0 Å². The third-order valence-electron chi connectivity index (χ3n) is 5.77. The van der Waals surface area contributed by atoms with Gasteiger partial charge in [-0.15, -0.1) is 24.0 Å². The van der Waals surface area contributed by atoms with Crippen molar-refractivity contribution in [3.8, 4) is 0 Å². The van der Waals surface area contributed by atoms with Crippen LogP contribution in [0.3, 0.4) is 0 Å². The summed E-state index contributed by atoms with van der Waals surface area (Å²) in [5, 5.41) is 5.55. The molecular formula is C19H26ClIN4. The SMILES string of the molecule is CN=C(NCCc1c[nH]c2ccc(Cl)cc12)N1CCC2(CCC2)C1.I. The van der Waals surface area contributed by atoms with Gasteiger partial charge in [0, 0.05) is 48.8 Å². The molecule has 1 aromatic carbocycles. The lowest BCUT2D eigenvalue weighted by atomic mass is 9.68. The third-order valence-corrected chi connectivity index (χ3v) is 6.01. The largest absolute Gasteiger partial charge is 0.361 e. The van der Waals surface area contributed by atoms with Crippen LogP contribution in [-0.4, -0.2) is 42.5 Å². The van der Waals surface area contributed by atoms with Crippen LogP contribution >= 0.6 is 35.6 Å². The lowest BCUT2D eigenvalue weighted by molar-refractivity contribution is 0.151. The van der Waals surface area contributed by atoms with Gasteiger partial charge in [-0.3, -0.25) is 4.99 Å². The summed E-state index contributed by atoms with van der Waals surface area (Å²) in [5.74, 6) is 1.05. The lowest BCUT2D eigenvalue weighted by Gasteiger charge is -2.38. The van der Waals surface area contributed by atoms with Gasteiger partial charge in [0.2, 0.25) is 0 Å². The van der Waals surface area contributed by atoms with Crippen molar-refractivity contribution in [1.29, 1.82) is 0 Å². The first-order valence-electron chi connectivity index (χ1n) is 8.90. The first kappa shape index (κ1) is 18.8. The van der Waals surface area contributed by atoms with Crippen molar-refractivity contribution in [1.82, 2.24) is 15.2 Å². The van der Waals surface area contributed by atoms with Crippen LogP contribution in [0.25, 0.3) is 10.9 Å². The van der Waals surface area contributed by atoms with E-state index in [0.29, 0.717) is 5.41 Å². The monoisotopic (exact) mass is 472 g/mol. The standard InChI is InChI=1S/C19H25ClN4.HI/c1-21-18(24-10-8-19(13-24)6-2-7-19)22-9-5-14-12-23-17-4-3-15(20)11-16(14)17;/h3-4,11-12,23H,2,5-10,13H2,1H3,(H,21,22);1H. The maximum Gasteiger partial charge on any atom is 0.193 e. The maximum absolute atomic E-state index is 6.13. The highest BCUT2D eigenvalue weighted by Gasteiger charge is 2.43. The molecule has 25 heavy (non-hydrogen) atoms. The number of nitrogens with one attached hydrogen (secondary N) is 2. The van der Waals surface area contributed by atoms with Crippen molar-refractivity contribution in [3.63, 3.8) is 0 Å². The predicted molar refractivity (Wildman–Crippen MR) is 116 cm³/mol. The molecule has 2 N–H and O–H groups in total. The van der Waals surface area contributed by atoms with Gasteiger partial charge in [0.15, 0.2) is 5.96 Å². The number of benzene rings is 1. The molecule has 0 radical (unpaired) electrons. The Balaban J connectivity index is 0.00000182. The summed E-state index contributed by atoms with van der Waals surface area (Å²) in [5.41, 5.74) is 3.04. The minimum Gasteiger partial charge on any atom is -0.361 e. The van der Waals surface area contributed by atoms with E-state index >= 15 is 0 Å². The second-order valence-electron chi connectivity index (χ2n) is 7.25. The van der Waals surface area contributed by atoms with Gasteiger partial charge in [0.25, 0.3) is 0 Å². The fourth-order valence-corrected chi connectivity index (χ4v) is 4.37. The molecule has 1 saturated carbocycles. The van der Waals surface area contributed by atoms with E-state index in [9.17, 15) is 0 Å². The molecule has 1 saturated heterocycles. The smallest absolute Gasteiger partial charge is 0.193 e. The quantitative estimate of drug-likeness (QED) is 0.394. The molecule has 0 amide bonds. The number of guanidine groups is 1. The van der Waals surface area contributed by atoms with Gasteiger partial charge in [-0.05, 0) is 54.9 Å². The van der Waals surface area contributed by atoms with E-state index in [2.05, 4.69) is 26.4 Å². The number of rotatable bonds is 3. The summed E-state index contributed by atoms with van der Waals surface area (Å²) < 4.78 is 0. The summed E-state index contributed by atoms with van der Waals surface area (Å²) in [6.07, 6.45) is 8.58. The van der Waals surface area contributed by atoms with Gasteiger partial charge in [0.05, 0.1) is 0 Å². The van der Waals surface area contributed by atoms with Crippen LogP contribution < -0.4 is 5.32 Å². The Labute approximate surface area is 171 Å². The fraction of sp³-hybridized carbons (Fsp3) is 0.526. The lowest BCUT2D eigenvalue weighted by Crippen LogP contribution is -2.43. The van der Waals surface area contributed by atoms with E-state index in [1.807, 2.05) is 25.2 Å². The number of fused-ring (bicyclic) bond motifs is 1. The van der Waals surface area contributed by atoms with Crippen molar-refractivity contribution in [2.75, 3.05) is 26.7 Å². The van der Waals surface area contributed by atoms with E-state index in [-0.39, 0.29) is 24.0 Å². The van der Waals surface area contributed by atoms with Crippen molar-refractivity contribution >= 4 is 52.4 Å². The minimum atomic E-state index is 0. The molecule has 1 spiro atoms. The summed E-state index contributed by atoms with van der Waals surface area (Å²) in [7, 11) is 1.89. The van der Waals surface area contributed by atoms with Crippen LogP contribution in [0.1, 0.15) is 31.2 Å². The molecule has 1 aromatic heterocycles. The second-order valence-corrected chi connectivity index (χ2v) is 7.69. The number of H-pyrrole nitrogens is 1. The van der Waals surface area contributed by atoms with E-state index in [1.165, 1.54) is 43.2 Å². The molecule has 2 aliphatic rings. The van der Waals surface area contributed by atoms with Crippen LogP contribution in [0.15, 0.2) is 29.4 Å². The molecule has 1 aliphatic carbocycles. The first-order chi connectivity index (χ1) is 11.7. The Morgan fingerprint density at radius 1 is 1.36 bits per heavy atom. The normalized spacial score (nSPS) is 19.1. The van der Waals surface area contributed by atoms with Crippen LogP contribution in [0, 0.1) is 5.41 Å². The highest BCUT2D eigenvalue weighted by atomic mass is 127. The van der Waals surface area contributed by atoms with Gasteiger partial charge in [-0.25, -0.2) is 0 Å². The van der Waals surface area contributed by atoms with E-state index in [4.69, 9.17) is 11.6 Å². The maximum atomic E-state index is 6.13. The van der Waals surface area contributed by atoms with Crippen LogP contribution in [0.5, 0.6) is 0 Å². The summed E-state index contributed by atoms with van der Waals surface area (Å²) >= 11 is 6.13. The molecular weight excluding hydrogens is 447 g/mol. The highest BCUT2D eigenvalue weighted by molar-refractivity contribution is 14.0. The predicted octanol–water partition coefficient (Wildman–Crippen LogP) is 4.43. The fourth-order valence-electron chi connectivity index (χ4n) is 4.20. The van der Waals surface area contributed by atoms with E-state index in [1.54, 1.807) is 0 Å². The van der Waals surface area contributed by atoms with Gasteiger partial charge in [0.1, 0.15) is 0 Å². The van der Waals surface area contributed by atoms with Crippen molar-refractivity contribution in [2.45, 2.75) is 32.1 Å². The van der Waals surface area contributed by atoms with Gasteiger partial charge >= 0.3 is 0 Å². The Morgan fingerprint density at radius 3 is 2.88 bits per heavy atom. The number of likely N-dealkylation sites (tertiary alicyclic amines) is 1. The molecule has 2 fully saturated rings. The Hall–Kier alpha value is -0.950. The molecule has 2 heterocycles. The summed E-state index contributed by atoms with van der Waals surface area (Å²) in [4.78, 5) is 10.2. The molecule has 4 nitrogen and oxygen atoms in total. The Morgan fingerprint density at radius 2 is 2.20 bits per heavy atom. The number of aromatic amines is 1. The number of aromatic nitrogens is 1. The highest BCUT2D eigenvalue weighted by Crippen LogP contribution is 2.47. The molecule has 1 aliphatic heterocycles. The van der Waals surface area contributed by atoms with Crippen molar-refractivity contribution in [3.05, 3.63) is 35.0 Å².